The summed E-state index contributed by atoms with van der Waals surface area (Å²) in [7, 11) is -2.63. The van der Waals surface area contributed by atoms with Gasteiger partial charge >= 0.3 is 0 Å². The first kappa shape index (κ1) is 14.4. The van der Waals surface area contributed by atoms with Crippen LogP contribution in [-0.4, -0.2) is 5.66 Å². The van der Waals surface area contributed by atoms with E-state index in [0.717, 1.165) is 23.5 Å². The molecule has 1 aliphatic rings. The van der Waals surface area contributed by atoms with Crippen molar-refractivity contribution >= 4 is 17.8 Å². The van der Waals surface area contributed by atoms with Crippen LogP contribution in [0.3, 0.4) is 0 Å². The summed E-state index contributed by atoms with van der Waals surface area (Å²) in [5.74, 6) is 0. The minimum Gasteiger partial charge on any atom is -0.313 e. The summed E-state index contributed by atoms with van der Waals surface area (Å²) in [6.45, 7) is 2.14. The lowest BCUT2D eigenvalue weighted by molar-refractivity contribution is 0.582. The van der Waals surface area contributed by atoms with E-state index in [4.69, 9.17) is 0 Å². The third-order valence-electron chi connectivity index (χ3n) is 4.44. The molecule has 0 heterocycles. The summed E-state index contributed by atoms with van der Waals surface area (Å²) in [5, 5.41) is 1.94. The van der Waals surface area contributed by atoms with Crippen molar-refractivity contribution in [3.05, 3.63) is 72.3 Å². The van der Waals surface area contributed by atoms with E-state index >= 15 is 0 Å². The molecular weight excluding hydrogens is 275 g/mol. The maximum Gasteiger partial charge on any atom is 0.149 e. The maximum absolute atomic E-state index is 14.1. The average Bonchev–Trinajstić information content (AvgIpc) is 3.09. The second-order valence-corrected chi connectivity index (χ2v) is 8.80. The number of rotatable bonds is 4. The van der Waals surface area contributed by atoms with Crippen molar-refractivity contribution in [2.45, 2.75) is 31.8 Å². The standard InChI is InChI=1S/C19H21OP/c1-16(17-10-8-9-11-17)21(20,18-12-4-2-5-13-18)19-14-6-3-7-15-19/h2-7,10,12-16H,8-9,11H2,1H3. The summed E-state index contributed by atoms with van der Waals surface area (Å²) in [5.41, 5.74) is 1.45. The van der Waals surface area contributed by atoms with Gasteiger partial charge in [0.1, 0.15) is 7.14 Å². The van der Waals surface area contributed by atoms with Crippen molar-refractivity contribution in [1.29, 1.82) is 0 Å². The van der Waals surface area contributed by atoms with Gasteiger partial charge in [-0.25, -0.2) is 0 Å². The van der Waals surface area contributed by atoms with Crippen LogP contribution in [0, 0.1) is 0 Å². The van der Waals surface area contributed by atoms with Crippen LogP contribution in [0.5, 0.6) is 0 Å². The SMILES string of the molecule is CC(C1=CCCC1)P(=O)(c1ccccc1)c1ccccc1. The highest BCUT2D eigenvalue weighted by molar-refractivity contribution is 7.79. The lowest BCUT2D eigenvalue weighted by Crippen LogP contribution is -2.25. The molecule has 0 N–H and O–H groups in total. The molecular formula is C19H21OP. The van der Waals surface area contributed by atoms with Crippen LogP contribution in [0.4, 0.5) is 0 Å². The quantitative estimate of drug-likeness (QED) is 0.600. The molecule has 0 aromatic heterocycles. The minimum atomic E-state index is -2.63. The van der Waals surface area contributed by atoms with Gasteiger partial charge < -0.3 is 4.57 Å². The van der Waals surface area contributed by atoms with Crippen molar-refractivity contribution in [1.82, 2.24) is 0 Å². The van der Waals surface area contributed by atoms with E-state index in [0.29, 0.717) is 0 Å². The zero-order chi connectivity index (χ0) is 14.7. The zero-order valence-corrected chi connectivity index (χ0v) is 13.3. The molecule has 0 amide bonds. The van der Waals surface area contributed by atoms with Gasteiger partial charge in [0.15, 0.2) is 0 Å². The Morgan fingerprint density at radius 1 is 0.905 bits per heavy atom. The molecule has 1 aliphatic carbocycles. The summed E-state index contributed by atoms with van der Waals surface area (Å²) in [6.07, 6.45) is 5.71. The van der Waals surface area contributed by atoms with E-state index in [1.807, 2.05) is 60.7 Å². The Kier molecular flexibility index (Phi) is 4.12. The van der Waals surface area contributed by atoms with Gasteiger partial charge in [0.25, 0.3) is 0 Å². The fourth-order valence-electron chi connectivity index (χ4n) is 3.20. The first-order valence-corrected chi connectivity index (χ1v) is 9.40. The third-order valence-corrected chi connectivity index (χ3v) is 7.99. The van der Waals surface area contributed by atoms with Crippen LogP contribution in [0.1, 0.15) is 26.2 Å². The molecule has 0 aliphatic heterocycles. The molecule has 2 heteroatoms. The molecule has 1 unspecified atom stereocenters. The Morgan fingerprint density at radius 2 is 1.43 bits per heavy atom. The van der Waals surface area contributed by atoms with Gasteiger partial charge in [0, 0.05) is 16.3 Å². The molecule has 0 saturated carbocycles. The first-order valence-electron chi connectivity index (χ1n) is 7.63. The van der Waals surface area contributed by atoms with Crippen LogP contribution >= 0.6 is 7.14 Å². The fourth-order valence-corrected chi connectivity index (χ4v) is 6.33. The zero-order valence-electron chi connectivity index (χ0n) is 12.4. The van der Waals surface area contributed by atoms with Gasteiger partial charge in [-0.15, -0.1) is 0 Å². The third kappa shape index (κ3) is 2.63. The van der Waals surface area contributed by atoms with Crippen LogP contribution in [-0.2, 0) is 4.57 Å². The van der Waals surface area contributed by atoms with E-state index < -0.39 is 7.14 Å². The normalized spacial score (nSPS) is 16.5. The summed E-state index contributed by atoms with van der Waals surface area (Å²) in [4.78, 5) is 0. The Labute approximate surface area is 127 Å². The van der Waals surface area contributed by atoms with E-state index in [-0.39, 0.29) is 5.66 Å². The fraction of sp³-hybridized carbons (Fsp3) is 0.263. The second kappa shape index (κ2) is 6.03. The van der Waals surface area contributed by atoms with Crippen molar-refractivity contribution < 1.29 is 4.57 Å². The first-order chi connectivity index (χ1) is 10.2. The maximum atomic E-state index is 14.1. The lowest BCUT2D eigenvalue weighted by Gasteiger charge is -2.27. The van der Waals surface area contributed by atoms with E-state index in [2.05, 4.69) is 13.0 Å². The topological polar surface area (TPSA) is 17.1 Å². The van der Waals surface area contributed by atoms with Crippen molar-refractivity contribution in [2.24, 2.45) is 0 Å². The van der Waals surface area contributed by atoms with Gasteiger partial charge in [-0.2, -0.15) is 0 Å². The predicted octanol–water partition coefficient (Wildman–Crippen LogP) is 4.50. The van der Waals surface area contributed by atoms with Crippen LogP contribution < -0.4 is 10.6 Å². The number of hydrogen-bond donors (Lipinski definition) is 0. The Bertz CT molecular complexity index is 630. The van der Waals surface area contributed by atoms with Gasteiger partial charge in [0.2, 0.25) is 0 Å². The number of hydrogen-bond acceptors (Lipinski definition) is 1. The van der Waals surface area contributed by atoms with Gasteiger partial charge in [0.05, 0.1) is 0 Å². The van der Waals surface area contributed by atoms with Crippen molar-refractivity contribution in [3.8, 4) is 0 Å². The van der Waals surface area contributed by atoms with Crippen LogP contribution in [0.25, 0.3) is 0 Å². The predicted molar refractivity (Wildman–Crippen MR) is 91.2 cm³/mol. The summed E-state index contributed by atoms with van der Waals surface area (Å²) < 4.78 is 14.1. The molecule has 0 fully saturated rings. The molecule has 21 heavy (non-hydrogen) atoms. The molecule has 0 radical (unpaired) electrons. The molecule has 2 aromatic rings. The second-order valence-electron chi connectivity index (χ2n) is 5.68. The lowest BCUT2D eigenvalue weighted by atomic mass is 10.2. The monoisotopic (exact) mass is 296 g/mol. The highest BCUT2D eigenvalue weighted by atomic mass is 31.2. The smallest absolute Gasteiger partial charge is 0.149 e. The minimum absolute atomic E-state index is 0.0878. The van der Waals surface area contributed by atoms with Crippen molar-refractivity contribution in [3.63, 3.8) is 0 Å². The molecule has 108 valence electrons. The van der Waals surface area contributed by atoms with E-state index in [9.17, 15) is 4.57 Å². The van der Waals surface area contributed by atoms with Gasteiger partial charge in [-0.1, -0.05) is 79.2 Å². The summed E-state index contributed by atoms with van der Waals surface area (Å²) >= 11 is 0. The molecule has 0 spiro atoms. The molecule has 3 rings (SSSR count). The van der Waals surface area contributed by atoms with Crippen LogP contribution in [0.15, 0.2) is 72.3 Å². The van der Waals surface area contributed by atoms with Crippen molar-refractivity contribution in [2.75, 3.05) is 0 Å². The Balaban J connectivity index is 2.14. The Morgan fingerprint density at radius 3 is 1.86 bits per heavy atom. The molecule has 1 atom stereocenters. The molecule has 1 nitrogen and oxygen atoms in total. The molecule has 0 bridgehead atoms. The van der Waals surface area contributed by atoms with Gasteiger partial charge in [-0.05, 0) is 19.3 Å². The average molecular weight is 296 g/mol. The highest BCUT2D eigenvalue weighted by Gasteiger charge is 2.35. The van der Waals surface area contributed by atoms with E-state index in [1.54, 1.807) is 0 Å². The largest absolute Gasteiger partial charge is 0.313 e. The number of benzene rings is 2. The van der Waals surface area contributed by atoms with Crippen LogP contribution in [0.2, 0.25) is 0 Å². The van der Waals surface area contributed by atoms with E-state index in [1.165, 1.54) is 12.0 Å². The Hall–Kier alpha value is -1.59. The molecule has 2 aromatic carbocycles. The summed E-state index contributed by atoms with van der Waals surface area (Å²) in [6, 6.07) is 20.0. The number of allylic oxidation sites excluding steroid dienone is 2. The van der Waals surface area contributed by atoms with Gasteiger partial charge in [-0.3, -0.25) is 0 Å². The molecule has 0 saturated heterocycles. The highest BCUT2D eigenvalue weighted by Crippen LogP contribution is 2.52.